The number of carboxylic acid groups (broad SMARTS) is 1. The number of thioether (sulfide) groups is 1. The van der Waals surface area contributed by atoms with Gasteiger partial charge >= 0.3 is 11.6 Å². The number of hydrogen-bond donors (Lipinski definition) is 3. The Morgan fingerprint density at radius 2 is 1.63 bits per heavy atom. The Bertz CT molecular complexity index is 1900. The van der Waals surface area contributed by atoms with Gasteiger partial charge in [0.2, 0.25) is 11.8 Å². The summed E-state index contributed by atoms with van der Waals surface area (Å²) in [6.45, 7) is 3.70. The maximum Gasteiger partial charge on any atom is 0.339 e. The van der Waals surface area contributed by atoms with Gasteiger partial charge in [-0.3, -0.25) is 9.59 Å². The highest BCUT2D eigenvalue weighted by molar-refractivity contribution is 7.98. The molecule has 0 aliphatic carbocycles. The summed E-state index contributed by atoms with van der Waals surface area (Å²) >= 11 is 1.41. The summed E-state index contributed by atoms with van der Waals surface area (Å²) in [5.74, 6) is -1.33. The molecule has 9 nitrogen and oxygen atoms in total. The molecule has 10 heteroatoms. The van der Waals surface area contributed by atoms with Gasteiger partial charge in [-0.2, -0.15) is 11.8 Å². The molecule has 0 radical (unpaired) electrons. The van der Waals surface area contributed by atoms with Gasteiger partial charge in [-0.05, 0) is 42.5 Å². The van der Waals surface area contributed by atoms with E-state index in [4.69, 9.17) is 8.83 Å². The molecule has 2 atom stereocenters. The van der Waals surface area contributed by atoms with Gasteiger partial charge in [-0.15, -0.1) is 0 Å². The summed E-state index contributed by atoms with van der Waals surface area (Å²) in [5.41, 5.74) is 4.52. The lowest BCUT2D eigenvalue weighted by Crippen LogP contribution is -2.52. The van der Waals surface area contributed by atoms with Crippen molar-refractivity contribution < 1.29 is 28.3 Å². The fraction of sp³-hybridized carbons (Fsp3) is 0.278. The van der Waals surface area contributed by atoms with Gasteiger partial charge in [0.1, 0.15) is 23.2 Å². The molecule has 46 heavy (non-hydrogen) atoms. The summed E-state index contributed by atoms with van der Waals surface area (Å²) in [5, 5.41) is 16.7. The zero-order valence-corrected chi connectivity index (χ0v) is 26.5. The van der Waals surface area contributed by atoms with E-state index in [2.05, 4.69) is 10.6 Å². The van der Waals surface area contributed by atoms with Crippen LogP contribution >= 0.6 is 11.8 Å². The quantitative estimate of drug-likeness (QED) is 0.121. The number of hydrogen-bond acceptors (Lipinski definition) is 7. The molecule has 3 aromatic carbocycles. The van der Waals surface area contributed by atoms with E-state index in [1.54, 1.807) is 12.3 Å². The van der Waals surface area contributed by atoms with Crippen molar-refractivity contribution in [2.75, 3.05) is 5.75 Å². The smallest absolute Gasteiger partial charge is 0.339 e. The average Bonchev–Trinajstić information content (AvgIpc) is 3.46. The molecular weight excluding hydrogens is 604 g/mol. The second-order valence-electron chi connectivity index (χ2n) is 11.2. The molecule has 0 bridgehead atoms. The van der Waals surface area contributed by atoms with Crippen LogP contribution in [0.25, 0.3) is 33.1 Å². The Morgan fingerprint density at radius 1 is 0.913 bits per heavy atom. The minimum atomic E-state index is -1.14. The predicted molar refractivity (Wildman–Crippen MR) is 180 cm³/mol. The lowest BCUT2D eigenvalue weighted by Gasteiger charge is -2.21. The number of benzene rings is 3. The van der Waals surface area contributed by atoms with E-state index in [1.165, 1.54) is 11.8 Å². The third-order valence-corrected chi connectivity index (χ3v) is 9.01. The normalized spacial score (nSPS) is 12.6. The van der Waals surface area contributed by atoms with Crippen molar-refractivity contribution >= 4 is 51.5 Å². The van der Waals surface area contributed by atoms with Crippen LogP contribution in [0.3, 0.4) is 0 Å². The standard InChI is InChI=1S/C36H36N2O7S/c1-3-10-29(34(40)38-30(35(41)42)21-46-20-23-11-6-4-7-12-23)37-33(39)16-15-25-22(2)26-17-27-28(24-13-8-5-9-14-24)19-44-31(27)18-32(26)45-36(25)43/h4-9,11-14,17-19,29-30H,3,10,15-16,20-21H2,1-2H3,(H,37,39)(H,38,40)(H,41,42)/t29-,30+/m0/s1. The van der Waals surface area contributed by atoms with E-state index in [1.807, 2.05) is 80.6 Å². The third kappa shape index (κ3) is 7.69. The first-order valence-corrected chi connectivity index (χ1v) is 16.4. The Morgan fingerprint density at radius 3 is 2.33 bits per heavy atom. The first-order valence-electron chi connectivity index (χ1n) is 15.2. The van der Waals surface area contributed by atoms with Gasteiger partial charge in [-0.1, -0.05) is 74.0 Å². The molecule has 5 aromatic rings. The van der Waals surface area contributed by atoms with Gasteiger partial charge < -0.3 is 24.6 Å². The van der Waals surface area contributed by atoms with Crippen LogP contribution in [0.15, 0.2) is 92.7 Å². The van der Waals surface area contributed by atoms with Crippen molar-refractivity contribution in [2.24, 2.45) is 0 Å². The van der Waals surface area contributed by atoms with E-state index in [0.717, 1.165) is 27.5 Å². The van der Waals surface area contributed by atoms with Gasteiger partial charge in [0, 0.05) is 45.9 Å². The van der Waals surface area contributed by atoms with Crippen molar-refractivity contribution in [1.82, 2.24) is 10.6 Å². The lowest BCUT2D eigenvalue weighted by atomic mass is 9.99. The van der Waals surface area contributed by atoms with Crippen LogP contribution in [0.1, 0.15) is 42.9 Å². The number of nitrogens with one attached hydrogen (secondary N) is 2. The average molecular weight is 641 g/mol. The van der Waals surface area contributed by atoms with Crippen LogP contribution in [0.4, 0.5) is 0 Å². The summed E-state index contributed by atoms with van der Waals surface area (Å²) in [6, 6.07) is 21.1. The topological polar surface area (TPSA) is 139 Å². The van der Waals surface area contributed by atoms with Crippen LogP contribution in [0, 0.1) is 6.92 Å². The van der Waals surface area contributed by atoms with E-state index in [-0.39, 0.29) is 18.6 Å². The first kappa shape index (κ1) is 32.6. The fourth-order valence-corrected chi connectivity index (χ4v) is 6.43. The molecule has 0 spiro atoms. The monoisotopic (exact) mass is 640 g/mol. The van der Waals surface area contributed by atoms with E-state index >= 15 is 0 Å². The van der Waals surface area contributed by atoms with Gasteiger partial charge in [0.25, 0.3) is 0 Å². The minimum absolute atomic E-state index is 0.0525. The second-order valence-corrected chi connectivity index (χ2v) is 12.2. The number of carbonyl (C=O) groups excluding carboxylic acids is 2. The van der Waals surface area contributed by atoms with Gasteiger partial charge in [-0.25, -0.2) is 9.59 Å². The molecule has 2 amide bonds. The summed E-state index contributed by atoms with van der Waals surface area (Å²) in [7, 11) is 0. The van der Waals surface area contributed by atoms with Crippen molar-refractivity contribution in [3.05, 3.63) is 106 Å². The zero-order valence-electron chi connectivity index (χ0n) is 25.7. The fourth-order valence-electron chi connectivity index (χ4n) is 5.42. The number of aryl methyl sites for hydroxylation is 1. The molecule has 0 aliphatic rings. The Kier molecular flexibility index (Phi) is 10.6. The Balaban J connectivity index is 1.25. The van der Waals surface area contributed by atoms with E-state index < -0.39 is 35.5 Å². The van der Waals surface area contributed by atoms with Crippen molar-refractivity contribution in [3.8, 4) is 11.1 Å². The van der Waals surface area contributed by atoms with Crippen LogP contribution in [0.5, 0.6) is 0 Å². The summed E-state index contributed by atoms with van der Waals surface area (Å²) in [6.07, 6.45) is 2.67. The van der Waals surface area contributed by atoms with E-state index in [0.29, 0.717) is 40.9 Å². The molecule has 0 aliphatic heterocycles. The van der Waals surface area contributed by atoms with Crippen LogP contribution in [-0.4, -0.2) is 40.7 Å². The molecule has 0 unspecified atom stereocenters. The number of amides is 2. The second kappa shape index (κ2) is 15.0. The highest BCUT2D eigenvalue weighted by atomic mass is 32.2. The number of aliphatic carboxylic acids is 1. The number of carbonyl (C=O) groups is 3. The highest BCUT2D eigenvalue weighted by Crippen LogP contribution is 2.34. The molecule has 2 aromatic heterocycles. The minimum Gasteiger partial charge on any atom is -0.480 e. The molecule has 0 saturated carbocycles. The predicted octanol–water partition coefficient (Wildman–Crippen LogP) is 6.23. The number of furan rings is 1. The number of carboxylic acids is 1. The van der Waals surface area contributed by atoms with Crippen LogP contribution in [-0.2, 0) is 26.6 Å². The molecule has 0 saturated heterocycles. The summed E-state index contributed by atoms with van der Waals surface area (Å²) < 4.78 is 11.4. The highest BCUT2D eigenvalue weighted by Gasteiger charge is 2.26. The van der Waals surface area contributed by atoms with Gasteiger partial charge in [0.15, 0.2) is 0 Å². The molecule has 238 valence electrons. The van der Waals surface area contributed by atoms with Crippen molar-refractivity contribution in [2.45, 2.75) is 57.4 Å². The van der Waals surface area contributed by atoms with Crippen LogP contribution in [0.2, 0.25) is 0 Å². The van der Waals surface area contributed by atoms with Crippen molar-refractivity contribution in [3.63, 3.8) is 0 Å². The zero-order chi connectivity index (χ0) is 32.6. The summed E-state index contributed by atoms with van der Waals surface area (Å²) in [4.78, 5) is 51.0. The van der Waals surface area contributed by atoms with Gasteiger partial charge in [0.05, 0.1) is 6.26 Å². The van der Waals surface area contributed by atoms with Crippen LogP contribution < -0.4 is 16.3 Å². The Labute approximate surface area is 270 Å². The molecule has 0 fully saturated rings. The molecule has 5 rings (SSSR count). The number of fused-ring (bicyclic) bond motifs is 2. The third-order valence-electron chi connectivity index (χ3n) is 7.91. The molecule has 2 heterocycles. The Hall–Kier alpha value is -4.83. The van der Waals surface area contributed by atoms with Crippen molar-refractivity contribution in [1.29, 1.82) is 0 Å². The lowest BCUT2D eigenvalue weighted by molar-refractivity contribution is -0.141. The largest absolute Gasteiger partial charge is 0.480 e. The first-order chi connectivity index (χ1) is 22.2. The maximum atomic E-state index is 13.1. The molecular formula is C36H36N2O7S. The number of rotatable bonds is 14. The molecule has 3 N–H and O–H groups in total. The van der Waals surface area contributed by atoms with E-state index in [9.17, 15) is 24.3 Å². The SMILES string of the molecule is CCC[C@H](NC(=O)CCc1c(C)c2cc3c(-c4ccccc4)coc3cc2oc1=O)C(=O)N[C@H](CSCc1ccccc1)C(=O)O. The maximum absolute atomic E-state index is 13.1.